The molecule has 0 spiro atoms. The van der Waals surface area contributed by atoms with Crippen molar-refractivity contribution in [3.05, 3.63) is 116 Å². The largest absolute Gasteiger partial charge is 0.147 e. The first-order valence-electron chi connectivity index (χ1n) is 15.9. The van der Waals surface area contributed by atoms with Crippen LogP contribution in [0.5, 0.6) is 0 Å². The average Bonchev–Trinajstić information content (AvgIpc) is 3.53. The molecule has 228 valence electrons. The first-order chi connectivity index (χ1) is 19.4. The number of rotatable bonds is 5. The number of hydrogen-bond donors (Lipinski definition) is 0. The zero-order chi connectivity index (χ0) is 29.1. The van der Waals surface area contributed by atoms with E-state index in [0.717, 1.165) is 12.3 Å². The smallest absolute Gasteiger partial charge is 0.147 e. The number of allylic oxidation sites excluding steroid dienone is 4. The van der Waals surface area contributed by atoms with Gasteiger partial charge in [0.1, 0.15) is 0 Å². The van der Waals surface area contributed by atoms with Gasteiger partial charge in [0.15, 0.2) is 0 Å². The standard InChI is InChI=1S/C21H25.C14H18.C5H5.2ClH.Hf/c1-20(2,3)16-7-9-18-14(12-16)11-15-13-17(21(4,5)6)8-10-19(15)18;1-11(2)14-8-6-13(7-9-14)10-12-4-3-5-12;1-2-4-5-3-1;;;/h7-13H,1-6H3;6-9,11-12H,3-5H2,1-2H3;1-3H,4H2;2*1H;. The van der Waals surface area contributed by atoms with Gasteiger partial charge in [0, 0.05) is 0 Å². The molecule has 0 N–H and O–H groups in total. The number of hydrogen-bond acceptors (Lipinski definition) is 0. The van der Waals surface area contributed by atoms with Crippen LogP contribution in [0.4, 0.5) is 0 Å². The van der Waals surface area contributed by atoms with E-state index in [0.29, 0.717) is 9.59 Å². The van der Waals surface area contributed by atoms with Gasteiger partial charge in [0.05, 0.1) is 0 Å². The van der Waals surface area contributed by atoms with Crippen LogP contribution in [0.1, 0.15) is 124 Å². The second kappa shape index (κ2) is 13.1. The van der Waals surface area contributed by atoms with Crippen molar-refractivity contribution in [1.29, 1.82) is 0 Å². The third-order valence-electron chi connectivity index (χ3n) is 9.85. The topological polar surface area (TPSA) is 0 Å². The van der Waals surface area contributed by atoms with E-state index in [1.165, 1.54) is 47.1 Å². The Morgan fingerprint density at radius 1 is 0.744 bits per heavy atom. The fraction of sp³-hybridized carbons (Fsp3) is 0.425. The molecule has 1 fully saturated rings. The molecule has 0 unspecified atom stereocenters. The average molecular weight is 780 g/mol. The molecule has 43 heavy (non-hydrogen) atoms. The molecule has 0 amide bonds. The van der Waals surface area contributed by atoms with Crippen LogP contribution < -0.4 is 0 Å². The maximum atomic E-state index is 2.63. The Balaban J connectivity index is 0.00000212. The summed E-state index contributed by atoms with van der Waals surface area (Å²) in [5, 5.41) is 0. The van der Waals surface area contributed by atoms with E-state index < -0.39 is 21.0 Å². The van der Waals surface area contributed by atoms with Gasteiger partial charge >= 0.3 is 258 Å². The van der Waals surface area contributed by atoms with Crippen LogP contribution in [-0.2, 0) is 31.8 Å². The fourth-order valence-corrected chi connectivity index (χ4v) is 21.2. The Hall–Kier alpha value is -1.54. The predicted molar refractivity (Wildman–Crippen MR) is 189 cm³/mol. The van der Waals surface area contributed by atoms with Gasteiger partial charge in [-0.1, -0.05) is 0 Å². The van der Waals surface area contributed by atoms with E-state index in [-0.39, 0.29) is 35.6 Å². The van der Waals surface area contributed by atoms with Crippen LogP contribution in [-0.4, -0.2) is 3.26 Å². The van der Waals surface area contributed by atoms with Gasteiger partial charge in [-0.2, -0.15) is 0 Å². The van der Waals surface area contributed by atoms with Crippen molar-refractivity contribution in [2.45, 2.75) is 101 Å². The predicted octanol–water partition coefficient (Wildman–Crippen LogP) is 11.8. The molecular weight excluding hydrogens is 730 g/mol. The summed E-state index contributed by atoms with van der Waals surface area (Å²) in [7, 11) is 0. The van der Waals surface area contributed by atoms with Crippen molar-refractivity contribution < 1.29 is 21.0 Å². The van der Waals surface area contributed by atoms with Gasteiger partial charge in [-0.3, -0.25) is 0 Å². The normalized spacial score (nSPS) is 17.0. The first kappa shape index (κ1) is 34.3. The minimum absolute atomic E-state index is 0. The van der Waals surface area contributed by atoms with Crippen LogP contribution in [0.2, 0.25) is 0 Å². The molecular formula is C40H50Cl2Hf. The molecule has 0 aliphatic heterocycles. The van der Waals surface area contributed by atoms with E-state index in [1.807, 2.05) is 3.26 Å². The van der Waals surface area contributed by atoms with E-state index in [2.05, 4.69) is 134 Å². The molecule has 3 aliphatic rings. The maximum Gasteiger partial charge on any atom is -0.147 e. The molecule has 3 aromatic rings. The summed E-state index contributed by atoms with van der Waals surface area (Å²) in [6.45, 7) is 18.9. The zero-order valence-electron chi connectivity index (χ0n) is 27.4. The van der Waals surface area contributed by atoms with Crippen molar-refractivity contribution in [3.8, 4) is 11.1 Å². The van der Waals surface area contributed by atoms with Crippen molar-refractivity contribution in [1.82, 2.24) is 0 Å². The van der Waals surface area contributed by atoms with Crippen molar-refractivity contribution in [2.24, 2.45) is 5.92 Å². The van der Waals surface area contributed by atoms with Crippen molar-refractivity contribution in [2.75, 3.05) is 0 Å². The molecule has 0 atom stereocenters. The fourth-order valence-electron chi connectivity index (χ4n) is 7.02. The summed E-state index contributed by atoms with van der Waals surface area (Å²) in [6, 6.07) is 24.9. The Kier molecular flexibility index (Phi) is 10.4. The molecule has 0 saturated heterocycles. The van der Waals surface area contributed by atoms with E-state index in [1.54, 1.807) is 20.0 Å². The Labute approximate surface area is 281 Å². The van der Waals surface area contributed by atoms with Crippen LogP contribution in [0.15, 0.2) is 82.2 Å². The number of benzene rings is 3. The van der Waals surface area contributed by atoms with Gasteiger partial charge in [-0.15, -0.1) is 24.8 Å². The minimum Gasteiger partial charge on any atom is -0.147 e. The van der Waals surface area contributed by atoms with Crippen LogP contribution in [0.3, 0.4) is 0 Å². The summed E-state index contributed by atoms with van der Waals surface area (Å²) in [4.78, 5) is 0. The van der Waals surface area contributed by atoms with Crippen LogP contribution in [0, 0.1) is 5.92 Å². The summed E-state index contributed by atoms with van der Waals surface area (Å²) in [5.41, 5.74) is 12.5. The molecule has 0 nitrogen and oxygen atoms in total. The Bertz CT molecular complexity index is 1500. The SMILES string of the molecule is CC(C)c1ccc(/[C](C2CCC2)=[Hf](/[C]2=CC=CC2)[CH]2c3cc(C(C)(C)C)ccc3-c3ccc(C(C)(C)C)cc32)cc1.Cl.Cl. The van der Waals surface area contributed by atoms with Gasteiger partial charge in [0.2, 0.25) is 0 Å². The van der Waals surface area contributed by atoms with E-state index >= 15 is 0 Å². The van der Waals surface area contributed by atoms with Gasteiger partial charge in [-0.05, 0) is 0 Å². The molecule has 6 rings (SSSR count). The first-order valence-corrected chi connectivity index (χ1v) is 21.6. The summed E-state index contributed by atoms with van der Waals surface area (Å²) >= 11 is -2.73. The summed E-state index contributed by atoms with van der Waals surface area (Å²) in [5.74, 6) is 1.32. The third kappa shape index (κ3) is 6.57. The van der Waals surface area contributed by atoms with Crippen LogP contribution in [0.25, 0.3) is 11.1 Å². The summed E-state index contributed by atoms with van der Waals surface area (Å²) < 4.78 is 4.25. The molecule has 3 aromatic carbocycles. The number of halogens is 2. The van der Waals surface area contributed by atoms with Gasteiger partial charge in [-0.25, -0.2) is 0 Å². The van der Waals surface area contributed by atoms with Crippen molar-refractivity contribution in [3.63, 3.8) is 0 Å². The molecule has 0 aromatic heterocycles. The Morgan fingerprint density at radius 2 is 1.28 bits per heavy atom. The quantitative estimate of drug-likeness (QED) is 0.226. The van der Waals surface area contributed by atoms with Gasteiger partial charge in [0.25, 0.3) is 0 Å². The molecule has 0 heterocycles. The molecule has 3 aliphatic carbocycles. The zero-order valence-corrected chi connectivity index (χ0v) is 32.6. The second-order valence-corrected chi connectivity index (χ2v) is 24.4. The third-order valence-corrected chi connectivity index (χ3v) is 22.6. The van der Waals surface area contributed by atoms with Crippen molar-refractivity contribution >= 4 is 28.1 Å². The molecule has 0 bridgehead atoms. The van der Waals surface area contributed by atoms with E-state index in [9.17, 15) is 0 Å². The minimum atomic E-state index is -2.73. The molecule has 1 saturated carbocycles. The van der Waals surface area contributed by atoms with Gasteiger partial charge < -0.3 is 0 Å². The number of fused-ring (bicyclic) bond motifs is 3. The maximum absolute atomic E-state index is 2.73. The van der Waals surface area contributed by atoms with E-state index in [4.69, 9.17) is 0 Å². The van der Waals surface area contributed by atoms with Crippen LogP contribution >= 0.6 is 24.8 Å². The monoisotopic (exact) mass is 780 g/mol. The second-order valence-electron chi connectivity index (χ2n) is 15.1. The molecule has 3 heteroatoms. The Morgan fingerprint density at radius 3 is 1.67 bits per heavy atom. The summed E-state index contributed by atoms with van der Waals surface area (Å²) in [6.07, 6.45) is 12.6. The molecule has 0 radical (unpaired) electrons.